The van der Waals surface area contributed by atoms with Crippen molar-refractivity contribution in [3.05, 3.63) is 52.0 Å². The van der Waals surface area contributed by atoms with Crippen molar-refractivity contribution in [2.24, 2.45) is 17.6 Å². The number of phenols is 1. The predicted octanol–water partition coefficient (Wildman–Crippen LogP) is 1.12. The molecular formula is C32H38N4O9. The maximum absolute atomic E-state index is 14.2. The number of furan rings is 1. The number of likely N-dealkylation sites (N-methyl/N-ethyl adjacent to an activating group) is 1. The molecule has 2 aromatic rings. The fourth-order valence-electron chi connectivity index (χ4n) is 7.47. The molecule has 240 valence electrons. The highest BCUT2D eigenvalue weighted by Crippen LogP contribution is 2.55. The molecule has 45 heavy (non-hydrogen) atoms. The summed E-state index contributed by atoms with van der Waals surface area (Å²) in [4.78, 5) is 45.3. The Bertz CT molecular complexity index is 1670. The van der Waals surface area contributed by atoms with Gasteiger partial charge in [0.05, 0.1) is 36.9 Å². The average Bonchev–Trinajstić information content (AvgIpc) is 3.43. The van der Waals surface area contributed by atoms with Crippen LogP contribution in [0.2, 0.25) is 0 Å². The summed E-state index contributed by atoms with van der Waals surface area (Å²) in [5, 5.41) is 46.4. The van der Waals surface area contributed by atoms with E-state index in [4.69, 9.17) is 14.9 Å². The van der Waals surface area contributed by atoms with Gasteiger partial charge < -0.3 is 40.2 Å². The largest absolute Gasteiger partial charge is 0.508 e. The van der Waals surface area contributed by atoms with Gasteiger partial charge in [0.25, 0.3) is 5.91 Å². The van der Waals surface area contributed by atoms with Crippen LogP contribution in [-0.2, 0) is 32.1 Å². The smallest absolute Gasteiger partial charge is 0.255 e. The Kier molecular flexibility index (Phi) is 7.55. The van der Waals surface area contributed by atoms with Crippen LogP contribution < -0.4 is 10.6 Å². The molecule has 0 spiro atoms. The lowest BCUT2D eigenvalue weighted by Crippen LogP contribution is -2.65. The summed E-state index contributed by atoms with van der Waals surface area (Å²) >= 11 is 0. The maximum Gasteiger partial charge on any atom is 0.255 e. The number of morpholine rings is 1. The van der Waals surface area contributed by atoms with Gasteiger partial charge in [-0.2, -0.15) is 0 Å². The van der Waals surface area contributed by atoms with E-state index in [0.29, 0.717) is 48.1 Å². The lowest BCUT2D eigenvalue weighted by Gasteiger charge is -2.50. The first-order chi connectivity index (χ1) is 21.3. The number of hydrogen-bond donors (Lipinski definition) is 5. The van der Waals surface area contributed by atoms with Crippen LogP contribution in [0, 0.1) is 11.8 Å². The second kappa shape index (κ2) is 11.0. The molecule has 13 nitrogen and oxygen atoms in total. The van der Waals surface area contributed by atoms with Gasteiger partial charge in [-0.3, -0.25) is 24.2 Å². The highest BCUT2D eigenvalue weighted by atomic mass is 16.5. The molecule has 0 radical (unpaired) electrons. The van der Waals surface area contributed by atoms with Crippen molar-refractivity contribution in [3.8, 4) is 17.1 Å². The molecule has 1 aliphatic heterocycles. The molecule has 1 saturated carbocycles. The molecule has 4 atom stereocenters. The number of nitrogens with zero attached hydrogens (tertiary/aromatic N) is 3. The Hall–Kier alpha value is -4.17. The minimum Gasteiger partial charge on any atom is -0.508 e. The molecule has 2 fully saturated rings. The van der Waals surface area contributed by atoms with E-state index in [2.05, 4.69) is 4.90 Å². The van der Waals surface area contributed by atoms with Crippen molar-refractivity contribution in [2.75, 3.05) is 59.4 Å². The van der Waals surface area contributed by atoms with Crippen LogP contribution in [-0.4, -0.2) is 114 Å². The van der Waals surface area contributed by atoms with Crippen molar-refractivity contribution in [3.63, 3.8) is 0 Å². The van der Waals surface area contributed by atoms with E-state index >= 15 is 0 Å². The highest BCUT2D eigenvalue weighted by molar-refractivity contribution is 6.24. The van der Waals surface area contributed by atoms with Crippen LogP contribution in [0.1, 0.15) is 23.3 Å². The van der Waals surface area contributed by atoms with Crippen LogP contribution in [0.25, 0.3) is 17.1 Å². The fourth-order valence-corrected chi connectivity index (χ4v) is 7.47. The number of amides is 1. The number of phenolic OH excluding ortho intramolecular Hbond substituents is 1. The van der Waals surface area contributed by atoms with Gasteiger partial charge in [-0.15, -0.1) is 0 Å². The van der Waals surface area contributed by atoms with Crippen LogP contribution >= 0.6 is 0 Å². The van der Waals surface area contributed by atoms with Gasteiger partial charge in [0.2, 0.25) is 5.78 Å². The third-order valence-electron chi connectivity index (χ3n) is 9.59. The van der Waals surface area contributed by atoms with Gasteiger partial charge in [-0.05, 0) is 56.6 Å². The Morgan fingerprint density at radius 1 is 1.11 bits per heavy atom. The quantitative estimate of drug-likeness (QED) is 0.289. The first kappa shape index (κ1) is 30.8. The van der Waals surface area contributed by atoms with Crippen molar-refractivity contribution >= 4 is 28.9 Å². The first-order valence-corrected chi connectivity index (χ1v) is 14.9. The van der Waals surface area contributed by atoms with Gasteiger partial charge in [0, 0.05) is 44.4 Å². The molecule has 3 aliphatic carbocycles. The predicted molar refractivity (Wildman–Crippen MR) is 162 cm³/mol. The molecule has 0 unspecified atom stereocenters. The molecule has 1 amide bonds. The normalized spacial score (nSPS) is 27.0. The molecular weight excluding hydrogens is 584 g/mol. The summed E-state index contributed by atoms with van der Waals surface area (Å²) in [6, 6.07) is 4.19. The topological polar surface area (TPSA) is 190 Å². The number of ether oxygens (including phenoxy) is 1. The van der Waals surface area contributed by atoms with E-state index < -0.39 is 58.0 Å². The lowest BCUT2D eigenvalue weighted by atomic mass is 9.57. The fraction of sp³-hybridized carbons (Fsp3) is 0.469. The molecule has 1 aromatic heterocycles. The van der Waals surface area contributed by atoms with Crippen LogP contribution in [0.3, 0.4) is 0 Å². The number of rotatable bonds is 6. The van der Waals surface area contributed by atoms with Gasteiger partial charge in [-0.1, -0.05) is 0 Å². The summed E-state index contributed by atoms with van der Waals surface area (Å²) in [5.74, 6) is -5.85. The summed E-state index contributed by atoms with van der Waals surface area (Å²) < 4.78 is 11.6. The number of ketones is 2. The zero-order valence-electron chi connectivity index (χ0n) is 25.7. The monoisotopic (exact) mass is 622 g/mol. The Morgan fingerprint density at radius 3 is 2.42 bits per heavy atom. The van der Waals surface area contributed by atoms with E-state index in [-0.39, 0.29) is 29.7 Å². The van der Waals surface area contributed by atoms with Gasteiger partial charge in [-0.25, -0.2) is 0 Å². The third-order valence-corrected chi connectivity index (χ3v) is 9.59. The summed E-state index contributed by atoms with van der Waals surface area (Å²) in [6.07, 6.45) is 0.209. The highest BCUT2D eigenvalue weighted by Gasteiger charge is 2.64. The minimum absolute atomic E-state index is 0.0126. The summed E-state index contributed by atoms with van der Waals surface area (Å²) in [7, 11) is 6.77. The molecule has 2 heterocycles. The second-order valence-electron chi connectivity index (χ2n) is 12.7. The number of anilines is 1. The van der Waals surface area contributed by atoms with Crippen molar-refractivity contribution in [2.45, 2.75) is 31.0 Å². The van der Waals surface area contributed by atoms with Crippen molar-refractivity contribution < 1.29 is 44.0 Å². The minimum atomic E-state index is -2.70. The zero-order valence-corrected chi connectivity index (χ0v) is 25.7. The molecule has 0 bridgehead atoms. The number of Topliss-reactive ketones (excluding diaryl/α,β-unsaturated/α-hetero) is 2. The number of hydrogen-bond acceptors (Lipinski definition) is 12. The number of primary amides is 1. The van der Waals surface area contributed by atoms with Gasteiger partial charge in [0.1, 0.15) is 34.4 Å². The lowest BCUT2D eigenvalue weighted by molar-refractivity contribution is -0.153. The van der Waals surface area contributed by atoms with Gasteiger partial charge in [0.15, 0.2) is 11.4 Å². The van der Waals surface area contributed by atoms with Crippen LogP contribution in [0.15, 0.2) is 39.5 Å². The summed E-state index contributed by atoms with van der Waals surface area (Å²) in [6.45, 7) is 3.37. The number of benzene rings is 1. The van der Waals surface area contributed by atoms with Crippen LogP contribution in [0.5, 0.6) is 5.75 Å². The number of nitrogens with two attached hydrogens (primary N) is 1. The number of carbonyl (C=O) groups excluding carboxylic acids is 3. The average molecular weight is 623 g/mol. The Labute approximate surface area is 259 Å². The third kappa shape index (κ3) is 4.64. The Balaban J connectivity index is 1.48. The molecule has 1 saturated heterocycles. The van der Waals surface area contributed by atoms with Crippen molar-refractivity contribution in [1.29, 1.82) is 0 Å². The zero-order chi connectivity index (χ0) is 32.5. The van der Waals surface area contributed by atoms with Crippen LogP contribution in [0.4, 0.5) is 5.69 Å². The number of fused-ring (bicyclic) bond motifs is 3. The van der Waals surface area contributed by atoms with E-state index in [1.807, 2.05) is 25.1 Å². The maximum atomic E-state index is 14.2. The number of aromatic hydroxyl groups is 1. The molecule has 4 aliphatic rings. The first-order valence-electron chi connectivity index (χ1n) is 14.9. The molecule has 13 heteroatoms. The summed E-state index contributed by atoms with van der Waals surface area (Å²) in [5.41, 5.74) is 3.23. The van der Waals surface area contributed by atoms with E-state index in [1.165, 1.54) is 4.90 Å². The Morgan fingerprint density at radius 2 is 1.80 bits per heavy atom. The SMILES string of the molecule is CN(C)c1cc(-c2ccc(CN3CCOCC3)o2)c(O)c2c1C[C@H]1C[C@H]3[C@H](N(C)C)C(=O)C(C(N)=O)=C(O)[C@@]3(O)C(=O)C1=C2O. The number of aliphatic hydroxyl groups is 3. The van der Waals surface area contributed by atoms with E-state index in [9.17, 15) is 34.8 Å². The molecule has 6 N–H and O–H groups in total. The number of aliphatic hydroxyl groups excluding tert-OH is 2. The molecule has 6 rings (SSSR count). The second-order valence-corrected chi connectivity index (χ2v) is 12.7. The van der Waals surface area contributed by atoms with Crippen molar-refractivity contribution in [1.82, 2.24) is 9.80 Å². The van der Waals surface area contributed by atoms with Gasteiger partial charge >= 0.3 is 0 Å². The van der Waals surface area contributed by atoms with E-state index in [1.54, 1.807) is 26.2 Å². The van der Waals surface area contributed by atoms with E-state index in [0.717, 1.165) is 13.1 Å². The standard InChI is InChI=1S/C32H38N4O9/c1-34(2)20-13-18(21-6-5-16(45-21)14-36-7-9-44-10-8-36)26(37)23-17(20)11-15-12-19-25(35(3)4)28(39)24(31(33)42)30(41)32(19,43)29(40)22(15)27(23)38/h5-6,13,15,19,25,37-38,41,43H,7-12,14H2,1-4H3,(H2,33,42)/t15-,19-,25-,32-/m0/s1. The molecule has 1 aromatic carbocycles. The number of carbonyl (C=O) groups is 3.